The number of nitrogens with zero attached hydrogens (tertiary/aromatic N) is 1. The minimum absolute atomic E-state index is 3.42. The maximum atomic E-state index is 12.7. The fourth-order valence-electron chi connectivity index (χ4n) is 1.18. The zero-order chi connectivity index (χ0) is 14.1. The molecule has 0 aliphatic carbocycles. The molecule has 1 saturated heterocycles. The standard InChI is InChI=1S/C5F11N/c6-1(3(9,10)11)2(7,8)5(14,15)17(16)4(1,12)13. The van der Waals surface area contributed by atoms with Crippen molar-refractivity contribution >= 4 is 0 Å². The normalized spacial score (nSPS) is 36.2. The van der Waals surface area contributed by atoms with Crippen LogP contribution < -0.4 is 0 Å². The molecule has 0 spiro atoms. The molecule has 12 heteroatoms. The van der Waals surface area contributed by atoms with Gasteiger partial charge in [-0.2, -0.15) is 39.5 Å². The molecule has 1 aliphatic rings. The van der Waals surface area contributed by atoms with Crippen LogP contribution in [-0.2, 0) is 0 Å². The highest BCUT2D eigenvalue weighted by Crippen LogP contribution is 2.66. The minimum atomic E-state index is -7.11. The van der Waals surface area contributed by atoms with Crippen molar-refractivity contribution in [2.24, 2.45) is 0 Å². The molecule has 0 radical (unpaired) electrons. The SMILES string of the molecule is FN1C(F)(F)C(F)(F)C(F)(C(F)(F)F)C1(F)F. The van der Waals surface area contributed by atoms with E-state index in [1.807, 2.05) is 0 Å². The summed E-state index contributed by atoms with van der Waals surface area (Å²) >= 11 is 0. The highest BCUT2D eigenvalue weighted by molar-refractivity contribution is 5.18. The molecular weight excluding hydrogens is 283 g/mol. The van der Waals surface area contributed by atoms with Gasteiger partial charge in [0, 0.05) is 0 Å². The van der Waals surface area contributed by atoms with Crippen molar-refractivity contribution in [3.05, 3.63) is 0 Å². The van der Waals surface area contributed by atoms with E-state index in [0.717, 1.165) is 0 Å². The van der Waals surface area contributed by atoms with E-state index in [0.29, 0.717) is 0 Å². The Morgan fingerprint density at radius 1 is 0.706 bits per heavy atom. The van der Waals surface area contributed by atoms with Crippen LogP contribution in [0.1, 0.15) is 0 Å². The van der Waals surface area contributed by atoms with E-state index in [1.54, 1.807) is 0 Å². The highest BCUT2D eigenvalue weighted by atomic mass is 19.4. The second-order valence-corrected chi connectivity index (χ2v) is 3.09. The lowest BCUT2D eigenvalue weighted by Gasteiger charge is -2.31. The third kappa shape index (κ3) is 1.19. The second kappa shape index (κ2) is 2.95. The summed E-state index contributed by atoms with van der Waals surface area (Å²) in [5.74, 6) is -6.99. The Balaban J connectivity index is 3.60. The van der Waals surface area contributed by atoms with Gasteiger partial charge in [0.1, 0.15) is 0 Å². The predicted octanol–water partition coefficient (Wildman–Crippen LogP) is 3.28. The van der Waals surface area contributed by atoms with Crippen LogP contribution in [0.3, 0.4) is 0 Å². The van der Waals surface area contributed by atoms with E-state index < -0.39 is 35.0 Å². The molecule has 1 rings (SSSR count). The van der Waals surface area contributed by atoms with E-state index >= 15 is 0 Å². The second-order valence-electron chi connectivity index (χ2n) is 3.09. The van der Waals surface area contributed by atoms with Gasteiger partial charge in [-0.05, 0) is 5.12 Å². The van der Waals surface area contributed by atoms with Crippen molar-refractivity contribution in [1.82, 2.24) is 5.12 Å². The van der Waals surface area contributed by atoms with Crippen LogP contribution in [0.4, 0.5) is 48.4 Å². The summed E-state index contributed by atoms with van der Waals surface area (Å²) in [6.07, 6.45) is -7.11. The summed E-state index contributed by atoms with van der Waals surface area (Å²) in [7, 11) is 0. The highest BCUT2D eigenvalue weighted by Gasteiger charge is 2.99. The summed E-state index contributed by atoms with van der Waals surface area (Å²) < 4.78 is 134. The molecule has 1 atom stereocenters. The molecule has 0 saturated carbocycles. The minimum Gasteiger partial charge on any atom is -0.218 e. The van der Waals surface area contributed by atoms with Crippen LogP contribution in [0.5, 0.6) is 0 Å². The first kappa shape index (κ1) is 14.3. The number of halogens is 11. The van der Waals surface area contributed by atoms with E-state index in [2.05, 4.69) is 0 Å². The summed E-state index contributed by atoms with van der Waals surface area (Å²) in [5.41, 5.74) is -7.04. The van der Waals surface area contributed by atoms with Gasteiger partial charge in [0.2, 0.25) is 0 Å². The molecule has 1 nitrogen and oxygen atoms in total. The van der Waals surface area contributed by atoms with Crippen molar-refractivity contribution in [2.75, 3.05) is 0 Å². The smallest absolute Gasteiger partial charge is 0.218 e. The van der Waals surface area contributed by atoms with E-state index in [-0.39, 0.29) is 0 Å². The van der Waals surface area contributed by atoms with E-state index in [1.165, 1.54) is 0 Å². The average molecular weight is 283 g/mol. The Labute approximate surface area is 84.7 Å². The van der Waals surface area contributed by atoms with Crippen molar-refractivity contribution in [1.29, 1.82) is 0 Å². The predicted molar refractivity (Wildman–Crippen MR) is 27.7 cm³/mol. The van der Waals surface area contributed by atoms with Gasteiger partial charge in [-0.1, -0.05) is 0 Å². The number of hydrogen-bond acceptors (Lipinski definition) is 1. The van der Waals surface area contributed by atoms with Crippen LogP contribution >= 0.6 is 0 Å². The summed E-state index contributed by atoms with van der Waals surface area (Å²) in [6.45, 7) is 0. The summed E-state index contributed by atoms with van der Waals surface area (Å²) in [5, 5.41) is -3.42. The molecule has 0 bridgehead atoms. The third-order valence-electron chi connectivity index (χ3n) is 2.11. The third-order valence-corrected chi connectivity index (χ3v) is 2.11. The van der Waals surface area contributed by atoms with Gasteiger partial charge in [-0.25, -0.2) is 4.39 Å². The molecule has 0 aromatic rings. The zero-order valence-corrected chi connectivity index (χ0v) is 7.10. The first-order valence-electron chi connectivity index (χ1n) is 3.51. The summed E-state index contributed by atoms with van der Waals surface area (Å²) in [6, 6.07) is -13.4. The van der Waals surface area contributed by atoms with Gasteiger partial charge in [0.05, 0.1) is 0 Å². The van der Waals surface area contributed by atoms with Crippen molar-refractivity contribution in [2.45, 2.75) is 29.9 Å². The van der Waals surface area contributed by atoms with Gasteiger partial charge >= 0.3 is 29.9 Å². The first-order valence-corrected chi connectivity index (χ1v) is 3.51. The lowest BCUT2D eigenvalue weighted by molar-refractivity contribution is -0.368. The Kier molecular flexibility index (Phi) is 2.47. The monoisotopic (exact) mass is 283 g/mol. The lowest BCUT2D eigenvalue weighted by Crippen LogP contribution is -2.63. The summed E-state index contributed by atoms with van der Waals surface area (Å²) in [4.78, 5) is 0. The number of rotatable bonds is 0. The number of alkyl halides is 10. The van der Waals surface area contributed by atoms with Crippen LogP contribution in [0, 0.1) is 0 Å². The fourth-order valence-corrected chi connectivity index (χ4v) is 1.18. The van der Waals surface area contributed by atoms with Gasteiger partial charge in [0.25, 0.3) is 0 Å². The molecule has 1 heterocycles. The quantitative estimate of drug-likeness (QED) is 0.374. The van der Waals surface area contributed by atoms with Crippen molar-refractivity contribution < 1.29 is 48.4 Å². The maximum absolute atomic E-state index is 12.7. The molecule has 0 N–H and O–H groups in total. The Morgan fingerprint density at radius 2 is 1.06 bits per heavy atom. The molecule has 0 aromatic heterocycles. The molecule has 1 aliphatic heterocycles. The molecule has 102 valence electrons. The van der Waals surface area contributed by atoms with Gasteiger partial charge in [-0.3, -0.25) is 0 Å². The van der Waals surface area contributed by atoms with E-state index in [9.17, 15) is 48.4 Å². The molecule has 0 aromatic carbocycles. The van der Waals surface area contributed by atoms with E-state index in [4.69, 9.17) is 0 Å². The van der Waals surface area contributed by atoms with Gasteiger partial charge in [0.15, 0.2) is 0 Å². The zero-order valence-electron chi connectivity index (χ0n) is 7.10. The Bertz CT molecular complexity index is 331. The molecule has 1 unspecified atom stereocenters. The Hall–Kier alpha value is -0.810. The van der Waals surface area contributed by atoms with Crippen LogP contribution in [0.25, 0.3) is 0 Å². The van der Waals surface area contributed by atoms with Crippen molar-refractivity contribution in [3.8, 4) is 0 Å². The topological polar surface area (TPSA) is 3.24 Å². The largest absolute Gasteiger partial charge is 0.436 e. The van der Waals surface area contributed by atoms with Crippen LogP contribution in [-0.4, -0.2) is 35.0 Å². The molecular formula is C5F11N. The van der Waals surface area contributed by atoms with Crippen molar-refractivity contribution in [3.63, 3.8) is 0 Å². The maximum Gasteiger partial charge on any atom is 0.436 e. The number of hydrogen-bond donors (Lipinski definition) is 0. The molecule has 17 heavy (non-hydrogen) atoms. The average Bonchev–Trinajstić information content (AvgIpc) is 2.17. The lowest BCUT2D eigenvalue weighted by atomic mass is 9.97. The van der Waals surface area contributed by atoms with Crippen LogP contribution in [0.15, 0.2) is 0 Å². The van der Waals surface area contributed by atoms with Gasteiger partial charge in [-0.15, -0.1) is 4.48 Å². The fraction of sp³-hybridized carbons (Fsp3) is 1.00. The first-order chi connectivity index (χ1) is 7.15. The van der Waals surface area contributed by atoms with Crippen LogP contribution in [0.2, 0.25) is 0 Å². The Morgan fingerprint density at radius 3 is 1.18 bits per heavy atom. The molecule has 1 fully saturated rings. The molecule has 0 amide bonds. The van der Waals surface area contributed by atoms with Gasteiger partial charge < -0.3 is 0 Å².